The SMILES string of the molecule is COc1c(F)cc(C(=O)C(=O)O)cc1Cl. The van der Waals surface area contributed by atoms with Crippen LogP contribution in [0.3, 0.4) is 0 Å². The minimum absolute atomic E-state index is 0.151. The molecule has 1 rings (SSSR count). The maximum absolute atomic E-state index is 13.2. The van der Waals surface area contributed by atoms with Crippen LogP contribution in [0.15, 0.2) is 12.1 Å². The number of benzene rings is 1. The summed E-state index contributed by atoms with van der Waals surface area (Å²) in [6, 6.07) is 1.81. The van der Waals surface area contributed by atoms with Crippen LogP contribution in [0, 0.1) is 5.82 Å². The Bertz CT molecular complexity index is 407. The molecule has 1 N–H and O–H groups in total. The highest BCUT2D eigenvalue weighted by Crippen LogP contribution is 2.28. The van der Waals surface area contributed by atoms with E-state index in [2.05, 4.69) is 4.74 Å². The van der Waals surface area contributed by atoms with Gasteiger partial charge in [0.05, 0.1) is 12.1 Å². The molecule has 0 aliphatic rings. The zero-order valence-corrected chi connectivity index (χ0v) is 8.34. The van der Waals surface area contributed by atoms with Gasteiger partial charge in [-0.3, -0.25) is 4.79 Å². The highest BCUT2D eigenvalue weighted by molar-refractivity contribution is 6.40. The van der Waals surface area contributed by atoms with E-state index >= 15 is 0 Å². The molecule has 0 unspecified atom stereocenters. The summed E-state index contributed by atoms with van der Waals surface area (Å²) in [5.41, 5.74) is -0.328. The lowest BCUT2D eigenvalue weighted by Crippen LogP contribution is -2.13. The van der Waals surface area contributed by atoms with E-state index in [4.69, 9.17) is 16.7 Å². The molecule has 0 aliphatic heterocycles. The van der Waals surface area contributed by atoms with Crippen LogP contribution in [-0.4, -0.2) is 24.0 Å². The van der Waals surface area contributed by atoms with Gasteiger partial charge in [-0.15, -0.1) is 0 Å². The summed E-state index contributed by atoms with van der Waals surface area (Å²) in [7, 11) is 1.21. The number of carboxylic acid groups (broad SMARTS) is 1. The normalized spacial score (nSPS) is 9.80. The lowest BCUT2D eigenvalue weighted by atomic mass is 10.1. The Morgan fingerprint density at radius 3 is 2.47 bits per heavy atom. The van der Waals surface area contributed by atoms with Crippen LogP contribution in [-0.2, 0) is 4.79 Å². The summed E-state index contributed by atoms with van der Waals surface area (Å²) in [4.78, 5) is 21.3. The van der Waals surface area contributed by atoms with Crippen LogP contribution >= 0.6 is 11.6 Å². The number of carbonyl (C=O) groups excluding carboxylic acids is 1. The van der Waals surface area contributed by atoms with Gasteiger partial charge in [0.1, 0.15) is 0 Å². The van der Waals surface area contributed by atoms with E-state index < -0.39 is 17.6 Å². The van der Waals surface area contributed by atoms with Crippen LogP contribution in [0.4, 0.5) is 4.39 Å². The first-order chi connectivity index (χ1) is 6.97. The Morgan fingerprint density at radius 2 is 2.07 bits per heavy atom. The summed E-state index contributed by atoms with van der Waals surface area (Å²) in [6.45, 7) is 0. The van der Waals surface area contributed by atoms with Crippen LogP contribution in [0.1, 0.15) is 10.4 Å². The smallest absolute Gasteiger partial charge is 0.377 e. The highest BCUT2D eigenvalue weighted by atomic mass is 35.5. The van der Waals surface area contributed by atoms with E-state index in [9.17, 15) is 14.0 Å². The fourth-order valence-corrected chi connectivity index (χ4v) is 1.29. The van der Waals surface area contributed by atoms with Gasteiger partial charge >= 0.3 is 5.97 Å². The molecule has 0 spiro atoms. The number of hydrogen-bond donors (Lipinski definition) is 1. The third-order valence-electron chi connectivity index (χ3n) is 1.66. The maximum atomic E-state index is 13.2. The summed E-state index contributed by atoms with van der Waals surface area (Å²) in [6.07, 6.45) is 0. The Morgan fingerprint density at radius 1 is 1.47 bits per heavy atom. The predicted octanol–water partition coefficient (Wildman–Crippen LogP) is 1.76. The predicted molar refractivity (Wildman–Crippen MR) is 49.9 cm³/mol. The van der Waals surface area contributed by atoms with E-state index in [0.29, 0.717) is 0 Å². The zero-order valence-electron chi connectivity index (χ0n) is 7.58. The number of ether oxygens (including phenoxy) is 1. The molecule has 4 nitrogen and oxygen atoms in total. The van der Waals surface area contributed by atoms with Gasteiger partial charge in [0, 0.05) is 5.56 Å². The number of rotatable bonds is 3. The second kappa shape index (κ2) is 4.27. The monoisotopic (exact) mass is 232 g/mol. The molecule has 1 aromatic rings. The summed E-state index contributed by atoms with van der Waals surface area (Å²) in [5, 5.41) is 8.25. The number of Topliss-reactive ketones (excluding diaryl/α,β-unsaturated/α-hetero) is 1. The first-order valence-electron chi connectivity index (χ1n) is 3.78. The molecule has 0 saturated carbocycles. The molecule has 6 heteroatoms. The van der Waals surface area contributed by atoms with Crippen molar-refractivity contribution in [2.75, 3.05) is 7.11 Å². The first-order valence-corrected chi connectivity index (χ1v) is 4.15. The van der Waals surface area contributed by atoms with Crippen molar-refractivity contribution >= 4 is 23.4 Å². The molecule has 0 radical (unpaired) electrons. The fourth-order valence-electron chi connectivity index (χ4n) is 1.01. The lowest BCUT2D eigenvalue weighted by Gasteiger charge is -2.05. The average Bonchev–Trinajstić information content (AvgIpc) is 2.15. The van der Waals surface area contributed by atoms with Crippen molar-refractivity contribution < 1.29 is 23.8 Å². The van der Waals surface area contributed by atoms with E-state index in [-0.39, 0.29) is 16.3 Å². The van der Waals surface area contributed by atoms with Crippen LogP contribution in [0.5, 0.6) is 5.75 Å². The van der Waals surface area contributed by atoms with Gasteiger partial charge in [-0.2, -0.15) is 0 Å². The molecule has 0 amide bonds. The Hall–Kier alpha value is -1.62. The summed E-state index contributed by atoms with van der Waals surface area (Å²) < 4.78 is 17.8. The first kappa shape index (κ1) is 11.5. The molecule has 1 aromatic carbocycles. The highest BCUT2D eigenvalue weighted by Gasteiger charge is 2.19. The molecule has 0 saturated heterocycles. The largest absolute Gasteiger partial charge is 0.492 e. The molecule has 0 aliphatic carbocycles. The molecule has 0 heterocycles. The van der Waals surface area contributed by atoms with Gasteiger partial charge in [0.25, 0.3) is 5.78 Å². The van der Waals surface area contributed by atoms with Gasteiger partial charge in [-0.25, -0.2) is 9.18 Å². The van der Waals surface area contributed by atoms with Crippen molar-refractivity contribution in [3.8, 4) is 5.75 Å². The topological polar surface area (TPSA) is 63.6 Å². The van der Waals surface area contributed by atoms with Gasteiger partial charge in [-0.05, 0) is 12.1 Å². The molecule has 0 atom stereocenters. The van der Waals surface area contributed by atoms with E-state index in [1.165, 1.54) is 7.11 Å². The lowest BCUT2D eigenvalue weighted by molar-refractivity contribution is -0.131. The fraction of sp³-hybridized carbons (Fsp3) is 0.111. The maximum Gasteiger partial charge on any atom is 0.377 e. The van der Waals surface area contributed by atoms with Gasteiger partial charge in [-0.1, -0.05) is 11.6 Å². The van der Waals surface area contributed by atoms with Crippen LogP contribution < -0.4 is 4.74 Å². The molecule has 80 valence electrons. The second-order valence-electron chi connectivity index (χ2n) is 2.61. The number of methoxy groups -OCH3 is 1. The van der Waals surface area contributed by atoms with Crippen molar-refractivity contribution in [3.63, 3.8) is 0 Å². The quantitative estimate of drug-likeness (QED) is 0.637. The van der Waals surface area contributed by atoms with Crippen molar-refractivity contribution in [2.24, 2.45) is 0 Å². The minimum Gasteiger partial charge on any atom is -0.492 e. The Balaban J connectivity index is 3.26. The number of halogens is 2. The molecular formula is C9H6ClFO4. The second-order valence-corrected chi connectivity index (χ2v) is 3.01. The standard InChI is InChI=1S/C9H6ClFO4/c1-15-8-5(10)2-4(3-6(8)11)7(12)9(13)14/h2-3H,1H3,(H,13,14). The van der Waals surface area contributed by atoms with Crippen molar-refractivity contribution in [3.05, 3.63) is 28.5 Å². The number of carboxylic acids is 1. The number of aliphatic carboxylic acids is 1. The van der Waals surface area contributed by atoms with Crippen LogP contribution in [0.2, 0.25) is 5.02 Å². The van der Waals surface area contributed by atoms with E-state index in [1.807, 2.05) is 0 Å². The average molecular weight is 233 g/mol. The van der Waals surface area contributed by atoms with Crippen molar-refractivity contribution in [1.29, 1.82) is 0 Å². The number of ketones is 1. The molecule has 0 bridgehead atoms. The van der Waals surface area contributed by atoms with E-state index in [0.717, 1.165) is 12.1 Å². The molecule has 0 fully saturated rings. The molecule has 0 aromatic heterocycles. The number of carbonyl (C=O) groups is 2. The Kier molecular flexibility index (Phi) is 3.26. The van der Waals surface area contributed by atoms with Crippen LogP contribution in [0.25, 0.3) is 0 Å². The number of hydrogen-bond acceptors (Lipinski definition) is 3. The Labute approximate surface area is 89.2 Å². The third-order valence-corrected chi connectivity index (χ3v) is 1.94. The van der Waals surface area contributed by atoms with Gasteiger partial charge in [0.15, 0.2) is 11.6 Å². The molecule has 15 heavy (non-hydrogen) atoms. The zero-order chi connectivity index (χ0) is 11.6. The van der Waals surface area contributed by atoms with Crippen molar-refractivity contribution in [2.45, 2.75) is 0 Å². The minimum atomic E-state index is -1.67. The summed E-state index contributed by atoms with van der Waals surface area (Å²) >= 11 is 5.57. The third kappa shape index (κ3) is 2.24. The molecular weight excluding hydrogens is 227 g/mol. The summed E-state index contributed by atoms with van der Waals surface area (Å²) in [5.74, 6) is -4.00. The van der Waals surface area contributed by atoms with Crippen molar-refractivity contribution in [1.82, 2.24) is 0 Å². The van der Waals surface area contributed by atoms with Gasteiger partial charge < -0.3 is 9.84 Å². The van der Waals surface area contributed by atoms with Gasteiger partial charge in [0.2, 0.25) is 0 Å². The van der Waals surface area contributed by atoms with E-state index in [1.54, 1.807) is 0 Å².